The lowest BCUT2D eigenvalue weighted by atomic mass is 9.12. The molecule has 1 heterocycles. The Morgan fingerprint density at radius 3 is 0.947 bits per heavy atom. The van der Waals surface area contributed by atoms with E-state index in [0.29, 0.717) is 5.88 Å². The molecule has 0 saturated heterocycles. The summed E-state index contributed by atoms with van der Waals surface area (Å²) in [5, 5.41) is 0. The van der Waals surface area contributed by atoms with Gasteiger partial charge in [0, 0.05) is 5.56 Å². The fourth-order valence-electron chi connectivity index (χ4n) is 7.77. The van der Waals surface area contributed by atoms with Crippen LogP contribution in [-0.2, 0) is 56.0 Å². The van der Waals surface area contributed by atoms with Gasteiger partial charge in [0.1, 0.15) is 6.15 Å². The lowest BCUT2D eigenvalue weighted by molar-refractivity contribution is -0.689. The molecule has 0 aliphatic heterocycles. The maximum absolute atomic E-state index is 14.2. The Morgan fingerprint density at radius 2 is 0.693 bits per heavy atom. The number of halogens is 24. The van der Waals surface area contributed by atoms with Crippen molar-refractivity contribution in [1.82, 2.24) is 4.98 Å². The van der Waals surface area contributed by atoms with Gasteiger partial charge in [-0.3, -0.25) is 0 Å². The summed E-state index contributed by atoms with van der Waals surface area (Å²) in [5.74, 6) is 0.696. The first-order valence-corrected chi connectivity index (χ1v) is 21.0. The van der Waals surface area contributed by atoms with Crippen molar-refractivity contribution >= 4 is 28.0 Å². The van der Waals surface area contributed by atoms with Crippen molar-refractivity contribution in [1.29, 1.82) is 0 Å². The predicted octanol–water partition coefficient (Wildman–Crippen LogP) is 13.8. The van der Waals surface area contributed by atoms with E-state index in [0.717, 1.165) is 26.0 Å². The number of nitrogens with zero attached hydrogens (tertiary/aromatic N) is 2. The van der Waals surface area contributed by atoms with Gasteiger partial charge in [-0.2, -0.15) is 132 Å². The molecule has 0 aliphatic rings. The van der Waals surface area contributed by atoms with Crippen LogP contribution in [0, 0.1) is 0 Å². The fourth-order valence-corrected chi connectivity index (χ4v) is 7.77. The smallest absolute Gasteiger partial charge is 0.416 e. The van der Waals surface area contributed by atoms with E-state index in [-0.39, 0.29) is 0 Å². The molecular weight excluding hydrogens is 1080 g/mol. The highest BCUT2D eigenvalue weighted by atomic mass is 19.4. The van der Waals surface area contributed by atoms with Crippen LogP contribution in [0.25, 0.3) is 0 Å². The first kappa shape index (κ1) is 59.2. The maximum Gasteiger partial charge on any atom is 0.416 e. The van der Waals surface area contributed by atoms with Crippen LogP contribution in [0.3, 0.4) is 0 Å². The van der Waals surface area contributed by atoms with Gasteiger partial charge in [0.2, 0.25) is 6.20 Å². The highest BCUT2D eigenvalue weighted by molar-refractivity contribution is 7.20. The summed E-state index contributed by atoms with van der Waals surface area (Å²) in [6.07, 6.45) is -46.9. The lowest BCUT2D eigenvalue weighted by Crippen LogP contribution is -2.75. The molecule has 0 unspecified atom stereocenters. The second-order valence-corrected chi connectivity index (χ2v) is 16.5. The molecule has 5 aromatic carbocycles. The largest absolute Gasteiger partial charge is 0.473 e. The normalized spacial score (nSPS) is 13.3. The SMILES string of the molecule is CCCCOc1c[n+](Cc2ccccc2)ccn1.FC(F)(F)c1cc([B-](c2cc(C(F)(F)F)cc(C(F)(F)F)c2)(c2cc(C(F)(F)F)cc(C(F)(F)F)c2)c2cc(C(F)(F)F)cc(C(F)(F)F)c2)cc(C(F)(F)F)c1. The quantitative estimate of drug-likeness (QED) is 0.0591. The Hall–Kier alpha value is -6.64. The van der Waals surface area contributed by atoms with E-state index in [9.17, 15) is 105 Å². The summed E-state index contributed by atoms with van der Waals surface area (Å²) >= 11 is 0. The highest BCUT2D eigenvalue weighted by Crippen LogP contribution is 2.41. The average Bonchev–Trinajstić information content (AvgIpc) is 3.27. The zero-order valence-corrected chi connectivity index (χ0v) is 37.3. The van der Waals surface area contributed by atoms with E-state index in [1.54, 1.807) is 6.20 Å². The van der Waals surface area contributed by atoms with Crippen molar-refractivity contribution in [3.63, 3.8) is 0 Å². The summed E-state index contributed by atoms with van der Waals surface area (Å²) in [6.45, 7) is 3.73. The third kappa shape index (κ3) is 14.6. The van der Waals surface area contributed by atoms with E-state index in [2.05, 4.69) is 40.7 Å². The number of benzene rings is 5. The lowest BCUT2D eigenvalue weighted by Gasteiger charge is -2.46. The molecule has 0 bridgehead atoms. The topological polar surface area (TPSA) is 26.0 Å². The minimum Gasteiger partial charge on any atom is -0.473 e. The van der Waals surface area contributed by atoms with Gasteiger partial charge in [-0.25, -0.2) is 4.98 Å². The van der Waals surface area contributed by atoms with Crippen LogP contribution in [0.4, 0.5) is 105 Å². The van der Waals surface area contributed by atoms with Crippen LogP contribution in [0.5, 0.6) is 5.88 Å². The van der Waals surface area contributed by atoms with Gasteiger partial charge >= 0.3 is 49.4 Å². The van der Waals surface area contributed by atoms with Gasteiger partial charge in [-0.15, -0.1) is 0 Å². The first-order chi connectivity index (χ1) is 34.1. The van der Waals surface area contributed by atoms with E-state index in [1.165, 1.54) is 5.56 Å². The molecule has 406 valence electrons. The molecule has 0 radical (unpaired) electrons. The molecule has 0 N–H and O–H groups in total. The molecule has 6 rings (SSSR count). The van der Waals surface area contributed by atoms with Gasteiger partial charge in [-0.05, 0) is 30.7 Å². The predicted molar refractivity (Wildman–Crippen MR) is 220 cm³/mol. The highest BCUT2D eigenvalue weighted by Gasteiger charge is 2.47. The number of alkyl halides is 24. The molecule has 1 aromatic heterocycles. The van der Waals surface area contributed by atoms with E-state index in [1.807, 2.05) is 18.5 Å². The Bertz CT molecular complexity index is 2490. The molecule has 0 atom stereocenters. The van der Waals surface area contributed by atoms with Gasteiger partial charge in [0.05, 0.1) is 57.3 Å². The van der Waals surface area contributed by atoms with Crippen LogP contribution in [0.1, 0.15) is 69.8 Å². The Kier molecular flexibility index (Phi) is 16.7. The second kappa shape index (κ2) is 21.2. The minimum absolute atomic E-state index is 0.691. The van der Waals surface area contributed by atoms with Gasteiger partial charge in [-0.1, -0.05) is 92.2 Å². The summed E-state index contributed by atoms with van der Waals surface area (Å²) in [5.41, 5.74) is -28.9. The Labute approximate surface area is 407 Å². The summed E-state index contributed by atoms with van der Waals surface area (Å²) in [7, 11) is 0. The van der Waals surface area contributed by atoms with Crippen molar-refractivity contribution in [3.05, 3.63) is 172 Å². The number of hydrogen-bond acceptors (Lipinski definition) is 2. The molecule has 0 amide bonds. The number of ether oxygens (including phenoxy) is 1. The number of rotatable bonds is 10. The van der Waals surface area contributed by atoms with Crippen LogP contribution in [0.15, 0.2) is 122 Å². The summed E-state index contributed by atoms with van der Waals surface area (Å²) < 4.78 is 349. The molecule has 75 heavy (non-hydrogen) atoms. The fraction of sp³-hybridized carbons (Fsp3) is 0.277. The maximum atomic E-state index is 14.2. The standard InChI is InChI=1S/C32H12BF24.C15H19N2O/c34-25(35,36)13-1-14(26(37,38)39)6-21(5-13)33(22-7-15(27(40,41)42)2-16(8-22)28(43,44)45,23-9-17(29(46,47)48)3-18(10-23)30(49,50)51)24-11-19(31(52,53)54)4-20(12-24)32(55,56)57;1-2-3-11-18-15-13-17(10-9-16-15)12-14-7-5-4-6-8-14/h1-12H;4-10,13H,2-3,11-12H2,1H3/q-1;+1. The van der Waals surface area contributed by atoms with Crippen LogP contribution < -0.4 is 31.2 Å². The minimum atomic E-state index is -6.13. The zero-order chi connectivity index (χ0) is 56.5. The van der Waals surface area contributed by atoms with Crippen molar-refractivity contribution in [2.75, 3.05) is 6.61 Å². The second-order valence-electron chi connectivity index (χ2n) is 16.5. The van der Waals surface area contributed by atoms with E-state index >= 15 is 0 Å². The Morgan fingerprint density at radius 1 is 0.413 bits per heavy atom. The van der Waals surface area contributed by atoms with Crippen molar-refractivity contribution in [2.24, 2.45) is 0 Å². The van der Waals surface area contributed by atoms with Crippen molar-refractivity contribution < 1.29 is 115 Å². The molecule has 3 nitrogen and oxygen atoms in total. The molecule has 28 heteroatoms. The van der Waals surface area contributed by atoms with Crippen molar-refractivity contribution in [2.45, 2.75) is 75.7 Å². The molecule has 0 spiro atoms. The van der Waals surface area contributed by atoms with Gasteiger partial charge in [0.25, 0.3) is 5.88 Å². The third-order valence-electron chi connectivity index (χ3n) is 11.1. The summed E-state index contributed by atoms with van der Waals surface area (Å²) in [6, 6.07) is 1.55. The van der Waals surface area contributed by atoms with Crippen molar-refractivity contribution in [3.8, 4) is 5.88 Å². The molecule has 0 fully saturated rings. The van der Waals surface area contributed by atoms with E-state index in [4.69, 9.17) is 4.74 Å². The van der Waals surface area contributed by atoms with Gasteiger partial charge in [0.15, 0.2) is 12.7 Å². The molecule has 0 aliphatic carbocycles. The molecule has 0 saturated carbocycles. The summed E-state index contributed by atoms with van der Waals surface area (Å²) in [4.78, 5) is 4.21. The molecular formula is C47H31BF24N2O. The van der Waals surface area contributed by atoms with Crippen LogP contribution in [0.2, 0.25) is 0 Å². The first-order valence-electron chi connectivity index (χ1n) is 21.0. The monoisotopic (exact) mass is 1110 g/mol. The third-order valence-corrected chi connectivity index (χ3v) is 11.1. The number of unbranched alkanes of at least 4 members (excludes halogenated alkanes) is 1. The van der Waals surface area contributed by atoms with Gasteiger partial charge < -0.3 is 4.74 Å². The number of aromatic nitrogens is 2. The van der Waals surface area contributed by atoms with Crippen LogP contribution in [-0.4, -0.2) is 17.7 Å². The number of hydrogen-bond donors (Lipinski definition) is 0. The molecule has 6 aromatic rings. The Balaban J connectivity index is 0.000000483. The van der Waals surface area contributed by atoms with Crippen LogP contribution >= 0.6 is 0 Å². The zero-order valence-electron chi connectivity index (χ0n) is 37.3. The average molecular weight is 1110 g/mol. The van der Waals surface area contributed by atoms with E-state index < -0.39 is 195 Å².